The van der Waals surface area contributed by atoms with Crippen LogP contribution >= 0.6 is 0 Å². The van der Waals surface area contributed by atoms with Crippen molar-refractivity contribution < 1.29 is 4.79 Å². The van der Waals surface area contributed by atoms with Crippen LogP contribution in [0.5, 0.6) is 0 Å². The van der Waals surface area contributed by atoms with Crippen molar-refractivity contribution in [3.8, 4) is 12.1 Å². The molecule has 136 valence electrons. The topological polar surface area (TPSA) is 97.5 Å². The van der Waals surface area contributed by atoms with Crippen LogP contribution in [0, 0.1) is 35.5 Å². The first-order chi connectivity index (χ1) is 12.8. The molecule has 0 amide bonds. The SMILES string of the molecule is Cc1[nH]c(=O)c(C(C)C)c(C(=O)c2cc(C#N)cc(C#N)c2)c1CC1CC1. The van der Waals surface area contributed by atoms with Gasteiger partial charge in [-0.3, -0.25) is 9.59 Å². The van der Waals surface area contributed by atoms with E-state index in [1.807, 2.05) is 32.9 Å². The molecule has 2 aromatic rings. The Hall–Kier alpha value is -3.18. The normalized spacial score (nSPS) is 13.3. The Morgan fingerprint density at radius 3 is 2.26 bits per heavy atom. The number of carbonyl (C=O) groups excluding carboxylic acids is 1. The fourth-order valence-corrected chi connectivity index (χ4v) is 3.48. The van der Waals surface area contributed by atoms with Crippen LogP contribution in [0.4, 0.5) is 0 Å². The summed E-state index contributed by atoms with van der Waals surface area (Å²) in [6, 6.07) is 8.42. The molecule has 1 aliphatic rings. The number of pyridine rings is 1. The number of carbonyl (C=O) groups is 1. The molecule has 0 aliphatic heterocycles. The Morgan fingerprint density at radius 2 is 1.78 bits per heavy atom. The number of aromatic amines is 1. The zero-order valence-corrected chi connectivity index (χ0v) is 15.7. The third-order valence-corrected chi connectivity index (χ3v) is 5.02. The van der Waals surface area contributed by atoms with Gasteiger partial charge in [0.05, 0.1) is 23.3 Å². The second-order valence-electron chi connectivity index (χ2n) is 7.50. The maximum absolute atomic E-state index is 13.5. The van der Waals surface area contributed by atoms with Crippen LogP contribution in [0.2, 0.25) is 0 Å². The molecule has 1 aromatic carbocycles. The molecule has 1 saturated carbocycles. The third-order valence-electron chi connectivity index (χ3n) is 5.02. The summed E-state index contributed by atoms with van der Waals surface area (Å²) in [6.45, 7) is 5.61. The summed E-state index contributed by atoms with van der Waals surface area (Å²) in [7, 11) is 0. The fraction of sp³-hybridized carbons (Fsp3) is 0.364. The number of benzene rings is 1. The number of rotatable bonds is 5. The summed E-state index contributed by atoms with van der Waals surface area (Å²) in [4.78, 5) is 29.0. The molecule has 0 unspecified atom stereocenters. The van der Waals surface area contributed by atoms with E-state index in [1.54, 1.807) is 0 Å². The average Bonchev–Trinajstić information content (AvgIpc) is 3.46. The van der Waals surface area contributed by atoms with Crippen molar-refractivity contribution in [3.63, 3.8) is 0 Å². The molecule has 1 N–H and O–H groups in total. The number of nitriles is 2. The molecule has 5 nitrogen and oxygen atoms in total. The second-order valence-corrected chi connectivity index (χ2v) is 7.50. The van der Waals surface area contributed by atoms with Crippen LogP contribution in [-0.4, -0.2) is 10.8 Å². The summed E-state index contributed by atoms with van der Waals surface area (Å²) < 4.78 is 0. The lowest BCUT2D eigenvalue weighted by Gasteiger charge is -2.18. The third kappa shape index (κ3) is 3.68. The van der Waals surface area contributed by atoms with Crippen molar-refractivity contribution in [1.29, 1.82) is 10.5 Å². The monoisotopic (exact) mass is 359 g/mol. The van der Waals surface area contributed by atoms with E-state index in [4.69, 9.17) is 0 Å². The van der Waals surface area contributed by atoms with Gasteiger partial charge in [-0.25, -0.2) is 0 Å². The fourth-order valence-electron chi connectivity index (χ4n) is 3.48. The van der Waals surface area contributed by atoms with Crippen molar-refractivity contribution in [3.05, 3.63) is 67.6 Å². The molecule has 5 heteroatoms. The van der Waals surface area contributed by atoms with Gasteiger partial charge in [-0.05, 0) is 61.8 Å². The van der Waals surface area contributed by atoms with Gasteiger partial charge in [0.25, 0.3) is 5.56 Å². The van der Waals surface area contributed by atoms with Crippen molar-refractivity contribution in [1.82, 2.24) is 4.98 Å². The molecule has 0 spiro atoms. The van der Waals surface area contributed by atoms with E-state index in [1.165, 1.54) is 18.2 Å². The van der Waals surface area contributed by atoms with Crippen LogP contribution in [0.15, 0.2) is 23.0 Å². The standard InChI is InChI=1S/C22H21N3O2/c1-12(2)19-20(18(9-14-4-5-14)13(3)25-22(19)27)21(26)17-7-15(10-23)6-16(8-17)11-24/h6-8,12,14H,4-5,9H2,1-3H3,(H,25,27). The molecular formula is C22H21N3O2. The number of H-pyrrole nitrogens is 1. The zero-order chi connectivity index (χ0) is 19.7. The largest absolute Gasteiger partial charge is 0.326 e. The summed E-state index contributed by atoms with van der Waals surface area (Å²) in [5.74, 6) is 0.124. The predicted molar refractivity (Wildman–Crippen MR) is 102 cm³/mol. The number of hydrogen-bond acceptors (Lipinski definition) is 4. The van der Waals surface area contributed by atoms with Crippen LogP contribution in [0.1, 0.15) is 76.5 Å². The molecule has 1 aromatic heterocycles. The van der Waals surface area contributed by atoms with E-state index in [0.29, 0.717) is 17.0 Å². The van der Waals surface area contributed by atoms with Crippen LogP contribution in [-0.2, 0) is 6.42 Å². The molecule has 0 saturated heterocycles. The minimum absolute atomic E-state index is 0.124. The van der Waals surface area contributed by atoms with E-state index in [0.717, 1.165) is 30.5 Å². The molecule has 3 rings (SSSR count). The first kappa shape index (κ1) is 18.6. The molecule has 1 heterocycles. The number of ketones is 1. The highest BCUT2D eigenvalue weighted by Gasteiger charge is 2.29. The highest BCUT2D eigenvalue weighted by Crippen LogP contribution is 2.36. The van der Waals surface area contributed by atoms with Gasteiger partial charge in [0.1, 0.15) is 0 Å². The molecule has 0 bridgehead atoms. The number of aryl methyl sites for hydroxylation is 1. The van der Waals surface area contributed by atoms with Gasteiger partial charge < -0.3 is 4.98 Å². The van der Waals surface area contributed by atoms with E-state index < -0.39 is 0 Å². The van der Waals surface area contributed by atoms with E-state index in [2.05, 4.69) is 4.98 Å². The quantitative estimate of drug-likeness (QED) is 0.822. The lowest BCUT2D eigenvalue weighted by atomic mass is 9.86. The molecular weight excluding hydrogens is 338 g/mol. The minimum atomic E-state index is -0.294. The number of aromatic nitrogens is 1. The maximum Gasteiger partial charge on any atom is 0.252 e. The zero-order valence-electron chi connectivity index (χ0n) is 15.7. The highest BCUT2D eigenvalue weighted by molar-refractivity contribution is 6.11. The van der Waals surface area contributed by atoms with Crippen molar-refractivity contribution in [2.24, 2.45) is 5.92 Å². The smallest absolute Gasteiger partial charge is 0.252 e. The lowest BCUT2D eigenvalue weighted by molar-refractivity contribution is 0.103. The van der Waals surface area contributed by atoms with Gasteiger partial charge in [0.15, 0.2) is 5.78 Å². The average molecular weight is 359 g/mol. The molecule has 1 aliphatic carbocycles. The number of nitrogens with one attached hydrogen (secondary N) is 1. The van der Waals surface area contributed by atoms with Crippen molar-refractivity contribution in [2.75, 3.05) is 0 Å². The molecule has 0 radical (unpaired) electrons. The van der Waals surface area contributed by atoms with Gasteiger partial charge in [-0.15, -0.1) is 0 Å². The van der Waals surface area contributed by atoms with Crippen LogP contribution in [0.25, 0.3) is 0 Å². The Kier molecular flexibility index (Phi) is 4.97. The second kappa shape index (κ2) is 7.21. The van der Waals surface area contributed by atoms with Crippen LogP contribution in [0.3, 0.4) is 0 Å². The summed E-state index contributed by atoms with van der Waals surface area (Å²) in [6.07, 6.45) is 3.02. The Bertz CT molecular complexity index is 1030. The molecule has 27 heavy (non-hydrogen) atoms. The van der Waals surface area contributed by atoms with Crippen molar-refractivity contribution >= 4 is 5.78 Å². The van der Waals surface area contributed by atoms with Crippen LogP contribution < -0.4 is 5.56 Å². The van der Waals surface area contributed by atoms with Gasteiger partial charge in [0.2, 0.25) is 0 Å². The van der Waals surface area contributed by atoms with Gasteiger partial charge in [-0.1, -0.05) is 13.8 Å². The summed E-state index contributed by atoms with van der Waals surface area (Å²) in [5.41, 5.74) is 3.06. The summed E-state index contributed by atoms with van der Waals surface area (Å²) in [5, 5.41) is 18.4. The van der Waals surface area contributed by atoms with Gasteiger partial charge in [0, 0.05) is 22.4 Å². The van der Waals surface area contributed by atoms with Gasteiger partial charge >= 0.3 is 0 Å². The number of hydrogen-bond donors (Lipinski definition) is 1. The first-order valence-electron chi connectivity index (χ1n) is 9.11. The lowest BCUT2D eigenvalue weighted by Crippen LogP contribution is -2.24. The first-order valence-corrected chi connectivity index (χ1v) is 9.11. The Morgan fingerprint density at radius 1 is 1.19 bits per heavy atom. The van der Waals surface area contributed by atoms with Crippen molar-refractivity contribution in [2.45, 2.75) is 46.0 Å². The molecule has 0 atom stereocenters. The Labute approximate surface area is 158 Å². The molecule has 1 fully saturated rings. The maximum atomic E-state index is 13.5. The predicted octanol–water partition coefficient (Wildman–Crippen LogP) is 3.73. The van der Waals surface area contributed by atoms with E-state index in [9.17, 15) is 20.1 Å². The minimum Gasteiger partial charge on any atom is -0.326 e. The van der Waals surface area contributed by atoms with Gasteiger partial charge in [-0.2, -0.15) is 10.5 Å². The Balaban J connectivity index is 2.26. The highest BCUT2D eigenvalue weighted by atomic mass is 16.1. The van der Waals surface area contributed by atoms with E-state index in [-0.39, 0.29) is 34.0 Å². The summed E-state index contributed by atoms with van der Waals surface area (Å²) >= 11 is 0. The van der Waals surface area contributed by atoms with E-state index >= 15 is 0 Å². The number of nitrogens with zero attached hydrogens (tertiary/aromatic N) is 2.